The molecule has 12 heavy (non-hydrogen) atoms. The zero-order valence-corrected chi connectivity index (χ0v) is 7.23. The Morgan fingerprint density at radius 2 is 2.42 bits per heavy atom. The molecule has 2 atom stereocenters. The lowest BCUT2D eigenvalue weighted by molar-refractivity contribution is 0.131. The summed E-state index contributed by atoms with van der Waals surface area (Å²) < 4.78 is 5.04. The van der Waals surface area contributed by atoms with Gasteiger partial charge in [0.2, 0.25) is 0 Å². The third-order valence-electron chi connectivity index (χ3n) is 1.92. The Balaban J connectivity index is 2.44. The van der Waals surface area contributed by atoms with Crippen molar-refractivity contribution in [2.75, 3.05) is 0 Å². The van der Waals surface area contributed by atoms with Crippen molar-refractivity contribution in [3.63, 3.8) is 0 Å². The maximum atomic E-state index is 9.54. The molecule has 3 N–H and O–H groups in total. The summed E-state index contributed by atoms with van der Waals surface area (Å²) in [5.41, 5.74) is 5.68. The van der Waals surface area contributed by atoms with Crippen LogP contribution in [0.4, 0.5) is 0 Å². The fourth-order valence-electron chi connectivity index (χ4n) is 1.05. The van der Waals surface area contributed by atoms with Gasteiger partial charge in [0.05, 0.1) is 6.26 Å². The molecule has 0 aliphatic rings. The van der Waals surface area contributed by atoms with Crippen LogP contribution in [-0.2, 0) is 0 Å². The van der Waals surface area contributed by atoms with Gasteiger partial charge in [-0.25, -0.2) is 0 Å². The summed E-state index contributed by atoms with van der Waals surface area (Å²) in [5, 5.41) is 9.54. The summed E-state index contributed by atoms with van der Waals surface area (Å²) in [6.45, 7) is 2.00. The molecule has 1 aromatic heterocycles. The van der Waals surface area contributed by atoms with Gasteiger partial charge in [-0.3, -0.25) is 0 Å². The van der Waals surface area contributed by atoms with Crippen molar-refractivity contribution >= 4 is 0 Å². The quantitative estimate of drug-likeness (QED) is 0.717. The Morgan fingerprint density at radius 3 is 2.92 bits per heavy atom. The molecule has 0 aliphatic carbocycles. The maximum Gasteiger partial charge on any atom is 0.132 e. The van der Waals surface area contributed by atoms with Crippen LogP contribution in [0, 0.1) is 0 Å². The summed E-state index contributed by atoms with van der Waals surface area (Å²) >= 11 is 0. The monoisotopic (exact) mass is 169 g/mol. The zero-order chi connectivity index (χ0) is 8.97. The molecule has 68 valence electrons. The average molecular weight is 169 g/mol. The Labute approximate surface area is 72.2 Å². The highest BCUT2D eigenvalue weighted by Crippen LogP contribution is 2.18. The van der Waals surface area contributed by atoms with E-state index in [1.165, 1.54) is 0 Å². The van der Waals surface area contributed by atoms with Crippen molar-refractivity contribution in [1.82, 2.24) is 0 Å². The molecule has 3 heteroatoms. The van der Waals surface area contributed by atoms with E-state index in [0.29, 0.717) is 12.2 Å². The Morgan fingerprint density at radius 1 is 1.67 bits per heavy atom. The van der Waals surface area contributed by atoms with E-state index < -0.39 is 6.10 Å². The van der Waals surface area contributed by atoms with E-state index in [9.17, 15) is 5.11 Å². The molecule has 0 saturated carbocycles. The first-order valence-corrected chi connectivity index (χ1v) is 4.21. The number of hydrogen-bond acceptors (Lipinski definition) is 3. The van der Waals surface area contributed by atoms with Crippen molar-refractivity contribution in [3.8, 4) is 0 Å². The van der Waals surface area contributed by atoms with Gasteiger partial charge in [-0.15, -0.1) is 0 Å². The molecule has 0 amide bonds. The molecule has 0 aromatic carbocycles. The number of aliphatic hydroxyl groups is 1. The van der Waals surface area contributed by atoms with Crippen LogP contribution in [0.5, 0.6) is 0 Å². The molecular formula is C9H15NO2. The minimum absolute atomic E-state index is 0.0464. The van der Waals surface area contributed by atoms with Crippen LogP contribution in [0.25, 0.3) is 0 Å². The standard InChI is InChI=1S/C9H15NO2/c1-2-7(10)6-8(11)9-4-3-5-12-9/h3-5,7-8,11H,2,6,10H2,1H3. The first kappa shape index (κ1) is 9.29. The zero-order valence-electron chi connectivity index (χ0n) is 7.23. The summed E-state index contributed by atoms with van der Waals surface area (Å²) in [6.07, 6.45) is 2.42. The van der Waals surface area contributed by atoms with Gasteiger partial charge in [0.15, 0.2) is 0 Å². The van der Waals surface area contributed by atoms with Crippen LogP contribution in [0.1, 0.15) is 31.6 Å². The van der Waals surface area contributed by atoms with Crippen molar-refractivity contribution in [1.29, 1.82) is 0 Å². The smallest absolute Gasteiger partial charge is 0.132 e. The molecule has 0 aliphatic heterocycles. The number of nitrogens with two attached hydrogens (primary N) is 1. The molecule has 2 unspecified atom stereocenters. The van der Waals surface area contributed by atoms with E-state index in [1.54, 1.807) is 18.4 Å². The summed E-state index contributed by atoms with van der Waals surface area (Å²) in [7, 11) is 0. The van der Waals surface area contributed by atoms with Gasteiger partial charge >= 0.3 is 0 Å². The number of aliphatic hydroxyl groups excluding tert-OH is 1. The Kier molecular flexibility index (Phi) is 3.31. The highest BCUT2D eigenvalue weighted by molar-refractivity contribution is 5.02. The first-order valence-electron chi connectivity index (χ1n) is 4.21. The average Bonchev–Trinajstić information content (AvgIpc) is 2.56. The van der Waals surface area contributed by atoms with E-state index in [2.05, 4.69) is 0 Å². The maximum absolute atomic E-state index is 9.54. The first-order chi connectivity index (χ1) is 5.74. The highest BCUT2D eigenvalue weighted by Gasteiger charge is 2.13. The molecule has 0 bridgehead atoms. The third kappa shape index (κ3) is 2.36. The van der Waals surface area contributed by atoms with Crippen LogP contribution >= 0.6 is 0 Å². The molecule has 0 fully saturated rings. The van der Waals surface area contributed by atoms with E-state index in [-0.39, 0.29) is 6.04 Å². The number of hydrogen-bond donors (Lipinski definition) is 2. The lowest BCUT2D eigenvalue weighted by Crippen LogP contribution is -2.21. The molecular weight excluding hydrogens is 154 g/mol. The van der Waals surface area contributed by atoms with Gasteiger partial charge in [0.1, 0.15) is 11.9 Å². The van der Waals surface area contributed by atoms with Gasteiger partial charge in [0, 0.05) is 6.04 Å². The van der Waals surface area contributed by atoms with Crippen molar-refractivity contribution < 1.29 is 9.52 Å². The molecule has 0 saturated heterocycles. The van der Waals surface area contributed by atoms with Crippen LogP contribution in [-0.4, -0.2) is 11.1 Å². The molecule has 1 rings (SSSR count). The normalized spacial score (nSPS) is 15.9. The second kappa shape index (κ2) is 4.28. The third-order valence-corrected chi connectivity index (χ3v) is 1.92. The molecule has 0 spiro atoms. The SMILES string of the molecule is CCC(N)CC(O)c1ccco1. The van der Waals surface area contributed by atoms with E-state index in [4.69, 9.17) is 10.2 Å². The molecule has 0 radical (unpaired) electrons. The Hall–Kier alpha value is -0.800. The predicted octanol–water partition coefficient (Wildman–Crippen LogP) is 1.44. The predicted molar refractivity (Wildman–Crippen MR) is 46.6 cm³/mol. The van der Waals surface area contributed by atoms with Gasteiger partial charge in [0.25, 0.3) is 0 Å². The molecule has 1 aromatic rings. The van der Waals surface area contributed by atoms with E-state index in [1.807, 2.05) is 6.92 Å². The van der Waals surface area contributed by atoms with Crippen molar-refractivity contribution in [3.05, 3.63) is 24.2 Å². The van der Waals surface area contributed by atoms with Crippen LogP contribution in [0.2, 0.25) is 0 Å². The largest absolute Gasteiger partial charge is 0.467 e. The Bertz CT molecular complexity index is 208. The number of furan rings is 1. The fraction of sp³-hybridized carbons (Fsp3) is 0.556. The minimum atomic E-state index is -0.560. The van der Waals surface area contributed by atoms with Crippen LogP contribution < -0.4 is 5.73 Å². The van der Waals surface area contributed by atoms with Crippen LogP contribution in [0.3, 0.4) is 0 Å². The minimum Gasteiger partial charge on any atom is -0.467 e. The van der Waals surface area contributed by atoms with Gasteiger partial charge < -0.3 is 15.3 Å². The lowest BCUT2D eigenvalue weighted by Gasteiger charge is -2.12. The highest BCUT2D eigenvalue weighted by atomic mass is 16.4. The summed E-state index contributed by atoms with van der Waals surface area (Å²) in [4.78, 5) is 0. The van der Waals surface area contributed by atoms with Crippen molar-refractivity contribution in [2.45, 2.75) is 31.9 Å². The van der Waals surface area contributed by atoms with E-state index in [0.717, 1.165) is 6.42 Å². The van der Waals surface area contributed by atoms with Crippen LogP contribution in [0.15, 0.2) is 22.8 Å². The summed E-state index contributed by atoms with van der Waals surface area (Å²) in [5.74, 6) is 0.596. The summed E-state index contributed by atoms with van der Waals surface area (Å²) in [6, 6.07) is 3.56. The van der Waals surface area contributed by atoms with Gasteiger partial charge in [-0.2, -0.15) is 0 Å². The van der Waals surface area contributed by atoms with Gasteiger partial charge in [-0.05, 0) is 25.0 Å². The van der Waals surface area contributed by atoms with E-state index >= 15 is 0 Å². The molecule has 3 nitrogen and oxygen atoms in total. The number of rotatable bonds is 4. The van der Waals surface area contributed by atoms with Crippen molar-refractivity contribution in [2.24, 2.45) is 5.73 Å². The fourth-order valence-corrected chi connectivity index (χ4v) is 1.05. The lowest BCUT2D eigenvalue weighted by atomic mass is 10.1. The van der Waals surface area contributed by atoms with Gasteiger partial charge in [-0.1, -0.05) is 6.92 Å². The molecule has 1 heterocycles. The second-order valence-corrected chi connectivity index (χ2v) is 2.94. The topological polar surface area (TPSA) is 59.4 Å². The second-order valence-electron chi connectivity index (χ2n) is 2.94.